The smallest absolute Gasteiger partial charge is 0.191 e. The average Bonchev–Trinajstić information content (AvgIpc) is 3.32. The summed E-state index contributed by atoms with van der Waals surface area (Å²) < 4.78 is 3.97. The molecule has 0 aromatic carbocycles. The van der Waals surface area contributed by atoms with Gasteiger partial charge in [0.05, 0.1) is 0 Å². The molecule has 3 rings (SSSR count). The Morgan fingerprint density at radius 3 is 2.85 bits per heavy atom. The van der Waals surface area contributed by atoms with Gasteiger partial charge in [0.1, 0.15) is 5.82 Å². The van der Waals surface area contributed by atoms with Gasteiger partial charge in [0.2, 0.25) is 0 Å². The maximum absolute atomic E-state index is 4.62. The first-order valence-electron chi connectivity index (χ1n) is 9.15. The monoisotopic (exact) mass is 482 g/mol. The van der Waals surface area contributed by atoms with Crippen molar-refractivity contribution < 1.29 is 0 Å². The van der Waals surface area contributed by atoms with Crippen molar-refractivity contribution in [2.45, 2.75) is 32.7 Å². The highest BCUT2D eigenvalue weighted by molar-refractivity contribution is 14.0. The van der Waals surface area contributed by atoms with Crippen LogP contribution in [-0.2, 0) is 13.0 Å². The van der Waals surface area contributed by atoms with E-state index in [1.54, 1.807) is 6.20 Å². The Labute approximate surface area is 176 Å². The van der Waals surface area contributed by atoms with Crippen molar-refractivity contribution in [1.29, 1.82) is 0 Å². The highest BCUT2D eigenvalue weighted by Gasteiger charge is 2.04. The number of aromatic nitrogens is 5. The molecule has 3 aromatic rings. The van der Waals surface area contributed by atoms with Crippen LogP contribution in [-0.4, -0.2) is 50.0 Å². The van der Waals surface area contributed by atoms with Crippen molar-refractivity contribution in [2.24, 2.45) is 4.99 Å². The second kappa shape index (κ2) is 11.5. The summed E-state index contributed by atoms with van der Waals surface area (Å²) in [5.74, 6) is 1.85. The van der Waals surface area contributed by atoms with Crippen LogP contribution >= 0.6 is 24.0 Å². The van der Waals surface area contributed by atoms with Crippen LogP contribution in [0.4, 0.5) is 0 Å². The van der Waals surface area contributed by atoms with Crippen molar-refractivity contribution in [3.63, 3.8) is 0 Å². The van der Waals surface area contributed by atoms with Crippen LogP contribution in [0.2, 0.25) is 0 Å². The zero-order chi connectivity index (χ0) is 18.0. The van der Waals surface area contributed by atoms with Gasteiger partial charge in [-0.25, -0.2) is 0 Å². The number of aryl methyl sites for hydroxylation is 2. The average molecular weight is 482 g/mol. The van der Waals surface area contributed by atoms with E-state index >= 15 is 0 Å². The Kier molecular flexibility index (Phi) is 9.02. The molecule has 8 nitrogen and oxygen atoms in total. The Balaban J connectivity index is 0.00000261. The lowest BCUT2D eigenvalue weighted by atomic mass is 10.3. The fourth-order valence-electron chi connectivity index (χ4n) is 2.71. The van der Waals surface area contributed by atoms with Gasteiger partial charge in [0, 0.05) is 51.2 Å². The number of pyridine rings is 1. The molecule has 0 aliphatic rings. The summed E-state index contributed by atoms with van der Waals surface area (Å²) in [5, 5.41) is 19.3. The van der Waals surface area contributed by atoms with E-state index in [0.717, 1.165) is 62.9 Å². The highest BCUT2D eigenvalue weighted by Crippen LogP contribution is 2.04. The van der Waals surface area contributed by atoms with Gasteiger partial charge in [-0.05, 0) is 38.0 Å². The fourth-order valence-corrected chi connectivity index (χ4v) is 2.71. The lowest BCUT2D eigenvalue weighted by molar-refractivity contribution is 0.583. The normalized spacial score (nSPS) is 11.4. The van der Waals surface area contributed by atoms with E-state index in [9.17, 15) is 0 Å². The molecule has 0 saturated heterocycles. The quantitative estimate of drug-likeness (QED) is 0.211. The van der Waals surface area contributed by atoms with Crippen molar-refractivity contribution in [3.8, 4) is 0 Å². The molecular weight excluding hydrogens is 455 g/mol. The van der Waals surface area contributed by atoms with Crippen molar-refractivity contribution in [2.75, 3.05) is 19.6 Å². The third-order valence-corrected chi connectivity index (χ3v) is 3.97. The van der Waals surface area contributed by atoms with Gasteiger partial charge in [-0.1, -0.05) is 6.07 Å². The predicted octanol–water partition coefficient (Wildman–Crippen LogP) is 2.12. The molecule has 0 unspecified atom stereocenters. The number of rotatable bonds is 9. The molecule has 0 radical (unpaired) electrons. The number of halogens is 1. The van der Waals surface area contributed by atoms with Gasteiger partial charge in [-0.3, -0.25) is 14.1 Å². The third kappa shape index (κ3) is 6.49. The Morgan fingerprint density at radius 2 is 2.04 bits per heavy atom. The number of guanidine groups is 1. The molecule has 2 N–H and O–H groups in total. The third-order valence-electron chi connectivity index (χ3n) is 3.97. The Bertz CT molecular complexity index is 812. The van der Waals surface area contributed by atoms with E-state index in [2.05, 4.69) is 37.8 Å². The molecule has 0 bridgehead atoms. The minimum Gasteiger partial charge on any atom is -0.357 e. The second-order valence-electron chi connectivity index (χ2n) is 5.96. The summed E-state index contributed by atoms with van der Waals surface area (Å²) in [6.07, 6.45) is 8.58. The molecule has 27 heavy (non-hydrogen) atoms. The molecule has 9 heteroatoms. The minimum atomic E-state index is 0. The van der Waals surface area contributed by atoms with E-state index in [4.69, 9.17) is 0 Å². The zero-order valence-corrected chi connectivity index (χ0v) is 17.9. The maximum atomic E-state index is 4.62. The lowest BCUT2D eigenvalue weighted by Crippen LogP contribution is -2.38. The number of fused-ring (bicyclic) bond motifs is 1. The van der Waals surface area contributed by atoms with Crippen LogP contribution in [0.15, 0.2) is 47.8 Å². The summed E-state index contributed by atoms with van der Waals surface area (Å²) in [6.45, 7) is 5.41. The number of hydrogen-bond acceptors (Lipinski definition) is 4. The Hall–Kier alpha value is -2.17. The van der Waals surface area contributed by atoms with Crippen LogP contribution in [0.3, 0.4) is 0 Å². The largest absolute Gasteiger partial charge is 0.357 e. The molecule has 0 aliphatic heterocycles. The number of aliphatic imine (C=N–C) groups is 1. The van der Waals surface area contributed by atoms with Crippen LogP contribution < -0.4 is 10.6 Å². The van der Waals surface area contributed by atoms with Crippen LogP contribution in [0.1, 0.15) is 25.6 Å². The SMILES string of the molecule is CCNC(=NCCCn1cccn1)NCCCc1nnc2ccccn12.I. The standard InChI is InChI=1S/C18H26N8.HI/c1-2-19-18(21-11-6-13-25-14-7-12-22-25)20-10-5-9-17-24-23-16-8-3-4-15-26(16)17;/h3-4,7-8,12,14-15H,2,5-6,9-11,13H2,1H3,(H2,19,20,21);1H. The lowest BCUT2D eigenvalue weighted by Gasteiger charge is -2.11. The first-order chi connectivity index (χ1) is 12.9. The first kappa shape index (κ1) is 21.1. The molecule has 3 heterocycles. The van der Waals surface area contributed by atoms with Crippen molar-refractivity contribution in [1.82, 2.24) is 35.0 Å². The van der Waals surface area contributed by atoms with Crippen LogP contribution in [0, 0.1) is 0 Å². The summed E-state index contributed by atoms with van der Waals surface area (Å²) in [5.41, 5.74) is 0.891. The molecule has 0 spiro atoms. The predicted molar refractivity (Wildman–Crippen MR) is 118 cm³/mol. The zero-order valence-electron chi connectivity index (χ0n) is 15.6. The maximum Gasteiger partial charge on any atom is 0.191 e. The minimum absolute atomic E-state index is 0. The van der Waals surface area contributed by atoms with Crippen molar-refractivity contribution >= 4 is 35.6 Å². The molecular formula is C18H27IN8. The second-order valence-corrected chi connectivity index (χ2v) is 5.96. The van der Waals surface area contributed by atoms with Gasteiger partial charge in [0.25, 0.3) is 0 Å². The molecule has 0 fully saturated rings. The van der Waals surface area contributed by atoms with Gasteiger partial charge < -0.3 is 10.6 Å². The number of nitrogens with zero attached hydrogens (tertiary/aromatic N) is 6. The highest BCUT2D eigenvalue weighted by atomic mass is 127. The molecule has 3 aromatic heterocycles. The van der Waals surface area contributed by atoms with Crippen LogP contribution in [0.5, 0.6) is 0 Å². The first-order valence-corrected chi connectivity index (χ1v) is 9.15. The summed E-state index contributed by atoms with van der Waals surface area (Å²) in [6, 6.07) is 7.87. The van der Waals surface area contributed by atoms with E-state index in [0.29, 0.717) is 0 Å². The Morgan fingerprint density at radius 1 is 1.11 bits per heavy atom. The molecule has 0 atom stereocenters. The molecule has 0 aliphatic carbocycles. The van der Waals surface area contributed by atoms with Gasteiger partial charge in [0.15, 0.2) is 11.6 Å². The van der Waals surface area contributed by atoms with E-state index in [1.165, 1.54) is 0 Å². The van der Waals surface area contributed by atoms with Gasteiger partial charge in [-0.2, -0.15) is 5.10 Å². The summed E-state index contributed by atoms with van der Waals surface area (Å²) in [4.78, 5) is 4.62. The summed E-state index contributed by atoms with van der Waals surface area (Å²) in [7, 11) is 0. The number of hydrogen-bond donors (Lipinski definition) is 2. The van der Waals surface area contributed by atoms with E-state index in [-0.39, 0.29) is 24.0 Å². The van der Waals surface area contributed by atoms with E-state index in [1.807, 2.05) is 45.7 Å². The fraction of sp³-hybridized carbons (Fsp3) is 0.444. The van der Waals surface area contributed by atoms with Gasteiger partial charge in [-0.15, -0.1) is 34.2 Å². The van der Waals surface area contributed by atoms with Crippen LogP contribution in [0.25, 0.3) is 5.65 Å². The summed E-state index contributed by atoms with van der Waals surface area (Å²) >= 11 is 0. The number of nitrogens with one attached hydrogen (secondary N) is 2. The van der Waals surface area contributed by atoms with Gasteiger partial charge >= 0.3 is 0 Å². The van der Waals surface area contributed by atoms with E-state index < -0.39 is 0 Å². The topological polar surface area (TPSA) is 84.4 Å². The molecule has 146 valence electrons. The van der Waals surface area contributed by atoms with Crippen molar-refractivity contribution in [3.05, 3.63) is 48.7 Å². The molecule has 0 amide bonds. The molecule has 0 saturated carbocycles.